The fraction of sp³-hybridized carbons (Fsp3) is 0.286. The first-order valence-corrected chi connectivity index (χ1v) is 9.15. The molecule has 0 saturated carbocycles. The number of hydrogen-bond acceptors (Lipinski definition) is 5. The Bertz CT molecular complexity index is 997. The summed E-state index contributed by atoms with van der Waals surface area (Å²) in [5.41, 5.74) is 1.06. The van der Waals surface area contributed by atoms with Crippen molar-refractivity contribution in [2.45, 2.75) is 39.0 Å². The summed E-state index contributed by atoms with van der Waals surface area (Å²) in [5, 5.41) is 21.6. The monoisotopic (exact) mass is 365 g/mol. The van der Waals surface area contributed by atoms with Crippen molar-refractivity contribution in [2.75, 3.05) is 5.32 Å². The second-order valence-corrected chi connectivity index (χ2v) is 6.49. The molecule has 1 amide bonds. The lowest BCUT2D eigenvalue weighted by Gasteiger charge is -2.09. The number of aryl methyl sites for hydroxylation is 1. The van der Waals surface area contributed by atoms with Crippen molar-refractivity contribution in [2.24, 2.45) is 0 Å². The van der Waals surface area contributed by atoms with Crippen LogP contribution in [0.3, 0.4) is 0 Å². The zero-order valence-corrected chi connectivity index (χ0v) is 15.3. The van der Waals surface area contributed by atoms with E-state index in [1.807, 2.05) is 6.07 Å². The van der Waals surface area contributed by atoms with Crippen molar-refractivity contribution in [1.29, 1.82) is 5.41 Å². The second kappa shape index (κ2) is 8.49. The third kappa shape index (κ3) is 4.53. The number of fused-ring (bicyclic) bond motifs is 1. The number of aromatic hydroxyl groups is 1. The molecule has 0 aliphatic rings. The van der Waals surface area contributed by atoms with Gasteiger partial charge < -0.3 is 14.8 Å². The van der Waals surface area contributed by atoms with Crippen LogP contribution >= 0.6 is 0 Å². The average Bonchev–Trinajstić information content (AvgIpc) is 2.66. The van der Waals surface area contributed by atoms with E-state index in [1.165, 1.54) is 12.5 Å². The number of phenols is 1. The molecule has 0 aliphatic carbocycles. The normalized spacial score (nSPS) is 10.9. The molecule has 3 N–H and O–H groups in total. The van der Waals surface area contributed by atoms with Gasteiger partial charge in [0.15, 0.2) is 0 Å². The maximum atomic E-state index is 12.5. The molecule has 6 nitrogen and oxygen atoms in total. The summed E-state index contributed by atoms with van der Waals surface area (Å²) in [4.78, 5) is 16.5. The van der Waals surface area contributed by atoms with E-state index in [9.17, 15) is 9.90 Å². The van der Waals surface area contributed by atoms with Gasteiger partial charge in [0.2, 0.25) is 5.55 Å². The van der Waals surface area contributed by atoms with Gasteiger partial charge in [0.05, 0.1) is 0 Å². The molecule has 1 aromatic carbocycles. The molecule has 0 aliphatic heterocycles. The lowest BCUT2D eigenvalue weighted by molar-refractivity contribution is 0.102. The Morgan fingerprint density at radius 3 is 2.81 bits per heavy atom. The molecule has 2 heterocycles. The van der Waals surface area contributed by atoms with Gasteiger partial charge in [-0.15, -0.1) is 0 Å². The number of phenolic OH excluding ortho intramolecular Hbond substituents is 1. The Labute approximate surface area is 157 Å². The molecule has 0 radical (unpaired) electrons. The maximum absolute atomic E-state index is 12.5. The third-order valence-electron chi connectivity index (χ3n) is 4.42. The number of carbonyl (C=O) groups is 1. The van der Waals surface area contributed by atoms with Gasteiger partial charge in [-0.2, -0.15) is 0 Å². The number of pyridine rings is 1. The number of carbonyl (C=O) groups excluding carboxylic acids is 1. The van der Waals surface area contributed by atoms with Gasteiger partial charge in [0, 0.05) is 17.6 Å². The van der Waals surface area contributed by atoms with Crippen LogP contribution in [0.2, 0.25) is 0 Å². The summed E-state index contributed by atoms with van der Waals surface area (Å²) in [5.74, 6) is 0.110. The minimum absolute atomic E-state index is 0.121. The van der Waals surface area contributed by atoms with Crippen molar-refractivity contribution in [3.05, 3.63) is 59.3 Å². The molecule has 0 fully saturated rings. The summed E-state index contributed by atoms with van der Waals surface area (Å²) >= 11 is 0. The fourth-order valence-corrected chi connectivity index (χ4v) is 2.95. The van der Waals surface area contributed by atoms with Crippen LogP contribution in [0.4, 0.5) is 5.82 Å². The van der Waals surface area contributed by atoms with Crippen molar-refractivity contribution < 1.29 is 14.3 Å². The molecule has 0 unspecified atom stereocenters. The number of hydrogen-bond donors (Lipinski definition) is 3. The lowest BCUT2D eigenvalue weighted by Crippen LogP contribution is -2.21. The highest BCUT2D eigenvalue weighted by Gasteiger charge is 2.14. The van der Waals surface area contributed by atoms with Crippen molar-refractivity contribution in [1.82, 2.24) is 4.98 Å². The van der Waals surface area contributed by atoms with E-state index >= 15 is 0 Å². The first-order valence-electron chi connectivity index (χ1n) is 9.15. The summed E-state index contributed by atoms with van der Waals surface area (Å²) in [6.45, 7) is 2.16. The SMILES string of the molecule is CCCCCCc1cc2cc(C(=O)Nc3ccccn3)c(=N)oc2cc1O. The van der Waals surface area contributed by atoms with E-state index in [0.29, 0.717) is 16.8 Å². The van der Waals surface area contributed by atoms with Gasteiger partial charge >= 0.3 is 0 Å². The number of benzene rings is 1. The van der Waals surface area contributed by atoms with Crippen LogP contribution in [0.15, 0.2) is 47.0 Å². The van der Waals surface area contributed by atoms with Crippen LogP contribution in [0, 0.1) is 5.41 Å². The number of amides is 1. The summed E-state index contributed by atoms with van der Waals surface area (Å²) in [6.07, 6.45) is 6.78. The van der Waals surface area contributed by atoms with Gasteiger partial charge in [0.25, 0.3) is 5.91 Å². The molecular weight excluding hydrogens is 342 g/mol. The Balaban J connectivity index is 1.88. The molecule has 27 heavy (non-hydrogen) atoms. The van der Waals surface area contributed by atoms with Crippen LogP contribution in [0.1, 0.15) is 48.5 Å². The zero-order chi connectivity index (χ0) is 19.2. The van der Waals surface area contributed by atoms with Gasteiger partial charge in [-0.1, -0.05) is 32.3 Å². The molecule has 3 rings (SSSR count). The predicted molar refractivity (Wildman–Crippen MR) is 104 cm³/mol. The summed E-state index contributed by atoms with van der Waals surface area (Å²) < 4.78 is 5.46. The van der Waals surface area contributed by atoms with E-state index in [4.69, 9.17) is 9.83 Å². The molecule has 0 atom stereocenters. The van der Waals surface area contributed by atoms with Gasteiger partial charge in [-0.05, 0) is 42.7 Å². The highest BCUT2D eigenvalue weighted by molar-refractivity contribution is 6.04. The topological polar surface area (TPSA) is 99.2 Å². The first-order chi connectivity index (χ1) is 13.1. The molecule has 0 spiro atoms. The Kier molecular flexibility index (Phi) is 5.86. The van der Waals surface area contributed by atoms with E-state index in [-0.39, 0.29) is 16.9 Å². The molecular formula is C21H23N3O3. The van der Waals surface area contributed by atoms with Gasteiger partial charge in [-0.25, -0.2) is 4.98 Å². The summed E-state index contributed by atoms with van der Waals surface area (Å²) in [6, 6.07) is 10.2. The quantitative estimate of drug-likeness (QED) is 0.541. The van der Waals surface area contributed by atoms with Crippen LogP contribution in [0.25, 0.3) is 11.0 Å². The highest BCUT2D eigenvalue weighted by Crippen LogP contribution is 2.26. The number of rotatable bonds is 7. The molecule has 6 heteroatoms. The molecule has 3 aromatic rings. The van der Waals surface area contributed by atoms with Crippen LogP contribution in [0.5, 0.6) is 5.75 Å². The standard InChI is InChI=1S/C21H23N3O3/c1-2-3-4-5-8-14-11-15-12-16(20(22)27-18(15)13-17(14)25)21(26)24-19-9-6-7-10-23-19/h6-7,9-13,22,25H,2-5,8H2,1H3,(H,23,24,26). The Morgan fingerprint density at radius 2 is 2.07 bits per heavy atom. The van der Waals surface area contributed by atoms with Crippen molar-refractivity contribution in [3.8, 4) is 5.75 Å². The fourth-order valence-electron chi connectivity index (χ4n) is 2.95. The number of nitrogens with one attached hydrogen (secondary N) is 2. The van der Waals surface area contributed by atoms with Crippen molar-refractivity contribution >= 4 is 22.7 Å². The van der Waals surface area contributed by atoms with Crippen molar-refractivity contribution in [3.63, 3.8) is 0 Å². The van der Waals surface area contributed by atoms with E-state index < -0.39 is 5.91 Å². The maximum Gasteiger partial charge on any atom is 0.262 e. The zero-order valence-electron chi connectivity index (χ0n) is 15.3. The smallest absolute Gasteiger partial charge is 0.262 e. The summed E-state index contributed by atoms with van der Waals surface area (Å²) in [7, 11) is 0. The third-order valence-corrected chi connectivity index (χ3v) is 4.42. The minimum atomic E-state index is -0.457. The molecule has 2 aromatic heterocycles. The molecule has 140 valence electrons. The van der Waals surface area contributed by atoms with Gasteiger partial charge in [0.1, 0.15) is 22.7 Å². The van der Waals surface area contributed by atoms with Crippen LogP contribution in [-0.4, -0.2) is 16.0 Å². The Morgan fingerprint density at radius 1 is 1.22 bits per heavy atom. The number of nitrogens with zero attached hydrogens (tertiary/aromatic N) is 1. The van der Waals surface area contributed by atoms with Gasteiger partial charge in [-0.3, -0.25) is 10.2 Å². The lowest BCUT2D eigenvalue weighted by atomic mass is 10.0. The second-order valence-electron chi connectivity index (χ2n) is 6.49. The number of anilines is 1. The van der Waals surface area contributed by atoms with Crippen LogP contribution in [-0.2, 0) is 6.42 Å². The van der Waals surface area contributed by atoms with E-state index in [1.54, 1.807) is 30.5 Å². The first kappa shape index (κ1) is 18.6. The minimum Gasteiger partial charge on any atom is -0.508 e. The predicted octanol–water partition coefficient (Wildman–Crippen LogP) is 4.39. The van der Waals surface area contributed by atoms with Crippen LogP contribution < -0.4 is 10.9 Å². The molecule has 0 bridgehead atoms. The number of aromatic nitrogens is 1. The number of unbranched alkanes of at least 4 members (excludes halogenated alkanes) is 3. The average molecular weight is 365 g/mol. The largest absolute Gasteiger partial charge is 0.508 e. The Hall–Kier alpha value is -3.15. The van der Waals surface area contributed by atoms with E-state index in [0.717, 1.165) is 31.2 Å². The van der Waals surface area contributed by atoms with E-state index in [2.05, 4.69) is 17.2 Å². The highest BCUT2D eigenvalue weighted by atomic mass is 16.3. The molecule has 0 saturated heterocycles.